The van der Waals surface area contributed by atoms with Gasteiger partial charge in [0.2, 0.25) is 0 Å². The molecule has 0 saturated carbocycles. The first kappa shape index (κ1) is 17.2. The third kappa shape index (κ3) is 3.17. The molecule has 7 heteroatoms. The molecule has 1 heterocycles. The fraction of sp³-hybridized carbons (Fsp3) is 0.182. The van der Waals surface area contributed by atoms with Crippen LogP contribution in [0.2, 0.25) is 5.02 Å². The van der Waals surface area contributed by atoms with Gasteiger partial charge >= 0.3 is 0 Å². The molecule has 1 aromatic heterocycles. The molecule has 1 atom stereocenters. The van der Waals surface area contributed by atoms with Gasteiger partial charge in [0.25, 0.3) is 5.56 Å². The van der Waals surface area contributed by atoms with Gasteiger partial charge in [-0.3, -0.25) is 4.79 Å². The van der Waals surface area contributed by atoms with Crippen LogP contribution in [0.25, 0.3) is 10.9 Å². The average molecular weight is 311 g/mol. The topological polar surface area (TPSA) is 58.9 Å². The number of fused-ring (bicyclic) bond motifs is 1. The highest BCUT2D eigenvalue weighted by atomic mass is 35.5. The first-order valence-corrected chi connectivity index (χ1v) is 5.14. The molecule has 0 radical (unpaired) electrons. The number of aromatic amines is 1. The summed E-state index contributed by atoms with van der Waals surface area (Å²) in [5.74, 6) is -0.557. The van der Waals surface area contributed by atoms with E-state index in [1.165, 1.54) is 12.1 Å². The van der Waals surface area contributed by atoms with E-state index in [0.29, 0.717) is 16.5 Å². The predicted octanol–water partition coefficient (Wildman–Crippen LogP) is 2.87. The normalized spacial score (nSPS) is 11.6. The van der Waals surface area contributed by atoms with Gasteiger partial charge in [-0.1, -0.05) is 11.6 Å². The van der Waals surface area contributed by atoms with E-state index in [2.05, 4.69) is 4.98 Å². The first-order chi connectivity index (χ1) is 7.49. The lowest BCUT2D eigenvalue weighted by Gasteiger charge is -2.06. The van der Waals surface area contributed by atoms with Gasteiger partial charge in [0.15, 0.2) is 0 Å². The number of rotatable bonds is 1. The molecule has 3 nitrogen and oxygen atoms in total. The van der Waals surface area contributed by atoms with Gasteiger partial charge < -0.3 is 10.7 Å². The van der Waals surface area contributed by atoms with E-state index in [0.717, 1.165) is 0 Å². The summed E-state index contributed by atoms with van der Waals surface area (Å²) >= 11 is 5.66. The van der Waals surface area contributed by atoms with E-state index < -0.39 is 5.82 Å². The maximum absolute atomic E-state index is 13.2. The summed E-state index contributed by atoms with van der Waals surface area (Å²) in [6, 6.07) is 3.92. The minimum atomic E-state index is -0.557. The van der Waals surface area contributed by atoms with Gasteiger partial charge in [0.1, 0.15) is 5.82 Å². The number of H-pyrrole nitrogens is 1. The highest BCUT2D eigenvalue weighted by Crippen LogP contribution is 2.22. The summed E-state index contributed by atoms with van der Waals surface area (Å²) in [5, 5.41) is 0.688. The standard InChI is InChI=1S/C11H10ClFN2O.ClH.H2S/c1-5(14)7-2-6-3-8(12)9(13)4-10(6)15-11(7)16;;/h2-5H,14H2,1H3,(H,15,16);1H;1H2/t5-;;/m0../s1. The smallest absolute Gasteiger partial charge is 0.253 e. The molecule has 18 heavy (non-hydrogen) atoms. The summed E-state index contributed by atoms with van der Waals surface area (Å²) in [6.45, 7) is 1.71. The fourth-order valence-electron chi connectivity index (χ4n) is 1.56. The zero-order valence-electron chi connectivity index (χ0n) is 9.46. The van der Waals surface area contributed by atoms with Crippen LogP contribution in [-0.4, -0.2) is 4.98 Å². The van der Waals surface area contributed by atoms with Crippen molar-refractivity contribution in [3.8, 4) is 0 Å². The fourth-order valence-corrected chi connectivity index (χ4v) is 1.73. The van der Waals surface area contributed by atoms with E-state index in [-0.39, 0.29) is 42.5 Å². The molecule has 0 aliphatic rings. The second-order valence-electron chi connectivity index (χ2n) is 3.70. The Morgan fingerprint density at radius 2 is 2.00 bits per heavy atom. The lowest BCUT2D eigenvalue weighted by atomic mass is 10.1. The minimum Gasteiger partial charge on any atom is -0.324 e. The number of benzene rings is 1. The lowest BCUT2D eigenvalue weighted by Crippen LogP contribution is -2.19. The molecule has 0 bridgehead atoms. The largest absolute Gasteiger partial charge is 0.324 e. The Morgan fingerprint density at radius 1 is 1.39 bits per heavy atom. The summed E-state index contributed by atoms with van der Waals surface area (Å²) in [6.07, 6.45) is 0. The van der Waals surface area contributed by atoms with E-state index in [9.17, 15) is 9.18 Å². The Kier molecular flexibility index (Phi) is 6.16. The van der Waals surface area contributed by atoms with Crippen LogP contribution in [-0.2, 0) is 0 Å². The second kappa shape index (κ2) is 6.43. The van der Waals surface area contributed by atoms with Crippen LogP contribution >= 0.6 is 37.5 Å². The molecule has 0 saturated heterocycles. The van der Waals surface area contributed by atoms with E-state index >= 15 is 0 Å². The molecule has 0 aliphatic carbocycles. The number of nitrogens with two attached hydrogens (primary N) is 1. The zero-order chi connectivity index (χ0) is 11.9. The first-order valence-electron chi connectivity index (χ1n) is 4.76. The minimum absolute atomic E-state index is 0. The molecule has 0 spiro atoms. The molecule has 0 unspecified atom stereocenters. The highest BCUT2D eigenvalue weighted by Gasteiger charge is 2.09. The van der Waals surface area contributed by atoms with Crippen LogP contribution in [0.3, 0.4) is 0 Å². The van der Waals surface area contributed by atoms with Gasteiger partial charge in [-0.05, 0) is 25.1 Å². The molecule has 0 amide bonds. The van der Waals surface area contributed by atoms with Crippen LogP contribution in [0, 0.1) is 5.82 Å². The Morgan fingerprint density at radius 3 is 2.56 bits per heavy atom. The van der Waals surface area contributed by atoms with Gasteiger partial charge in [-0.15, -0.1) is 12.4 Å². The number of aromatic nitrogens is 1. The van der Waals surface area contributed by atoms with Crippen LogP contribution < -0.4 is 11.3 Å². The summed E-state index contributed by atoms with van der Waals surface area (Å²) in [7, 11) is 0. The van der Waals surface area contributed by atoms with Crippen molar-refractivity contribution in [2.45, 2.75) is 13.0 Å². The zero-order valence-corrected chi connectivity index (χ0v) is 12.0. The maximum Gasteiger partial charge on any atom is 0.253 e. The predicted molar refractivity (Wildman–Crippen MR) is 79.8 cm³/mol. The van der Waals surface area contributed by atoms with Gasteiger partial charge in [-0.2, -0.15) is 13.5 Å². The number of halogens is 3. The molecule has 2 aromatic rings. The number of pyridine rings is 1. The van der Waals surface area contributed by atoms with Crippen molar-refractivity contribution in [1.82, 2.24) is 4.98 Å². The van der Waals surface area contributed by atoms with Crippen molar-refractivity contribution in [3.05, 3.63) is 45.0 Å². The Balaban J connectivity index is 0.00000144. The van der Waals surface area contributed by atoms with E-state index in [1.807, 2.05) is 0 Å². The third-order valence-electron chi connectivity index (χ3n) is 2.40. The second-order valence-corrected chi connectivity index (χ2v) is 4.10. The third-order valence-corrected chi connectivity index (χ3v) is 2.69. The maximum atomic E-state index is 13.2. The van der Waals surface area contributed by atoms with Crippen LogP contribution in [0.1, 0.15) is 18.5 Å². The Bertz CT molecular complexity index is 616. The van der Waals surface area contributed by atoms with Crippen molar-refractivity contribution in [1.29, 1.82) is 0 Å². The quantitative estimate of drug-likeness (QED) is 0.851. The Hall–Kier alpha value is -0.750. The van der Waals surface area contributed by atoms with Crippen molar-refractivity contribution >= 4 is 48.4 Å². The number of nitrogens with one attached hydrogen (secondary N) is 1. The van der Waals surface area contributed by atoms with Crippen LogP contribution in [0.4, 0.5) is 4.39 Å². The summed E-state index contributed by atoms with van der Waals surface area (Å²) in [4.78, 5) is 14.2. The van der Waals surface area contributed by atoms with Crippen molar-refractivity contribution in [3.63, 3.8) is 0 Å². The average Bonchev–Trinajstić information content (AvgIpc) is 2.19. The van der Waals surface area contributed by atoms with E-state index in [4.69, 9.17) is 17.3 Å². The van der Waals surface area contributed by atoms with Gasteiger partial charge in [0, 0.05) is 17.0 Å². The number of hydrogen-bond acceptors (Lipinski definition) is 2. The lowest BCUT2D eigenvalue weighted by molar-refractivity contribution is 0.629. The van der Waals surface area contributed by atoms with Crippen LogP contribution in [0.15, 0.2) is 23.0 Å². The molecule has 2 rings (SSSR count). The van der Waals surface area contributed by atoms with Crippen molar-refractivity contribution in [2.24, 2.45) is 5.73 Å². The summed E-state index contributed by atoms with van der Waals surface area (Å²) < 4.78 is 13.2. The van der Waals surface area contributed by atoms with Crippen molar-refractivity contribution in [2.75, 3.05) is 0 Å². The SMILES string of the molecule is C[C@H](N)c1cc2cc(Cl)c(F)cc2[nH]c1=O.Cl.S. The molecule has 1 aromatic carbocycles. The monoisotopic (exact) mass is 310 g/mol. The molecular formula is C11H13Cl2FN2OS. The molecular weight excluding hydrogens is 298 g/mol. The summed E-state index contributed by atoms with van der Waals surface area (Å²) in [5.41, 5.74) is 6.21. The number of hydrogen-bond donors (Lipinski definition) is 2. The van der Waals surface area contributed by atoms with E-state index in [1.54, 1.807) is 13.0 Å². The van der Waals surface area contributed by atoms with Crippen molar-refractivity contribution < 1.29 is 4.39 Å². The molecule has 3 N–H and O–H groups in total. The van der Waals surface area contributed by atoms with Crippen LogP contribution in [0.5, 0.6) is 0 Å². The molecule has 100 valence electrons. The Labute approximate surface area is 121 Å². The molecule has 0 aliphatic heterocycles. The highest BCUT2D eigenvalue weighted by molar-refractivity contribution is 7.59. The van der Waals surface area contributed by atoms with Gasteiger partial charge in [-0.25, -0.2) is 4.39 Å². The van der Waals surface area contributed by atoms with Gasteiger partial charge in [0.05, 0.1) is 10.5 Å². The molecule has 0 fully saturated rings.